The van der Waals surface area contributed by atoms with Crippen molar-refractivity contribution in [3.05, 3.63) is 60.4 Å². The van der Waals surface area contributed by atoms with Crippen molar-refractivity contribution in [2.75, 3.05) is 0 Å². The fourth-order valence-corrected chi connectivity index (χ4v) is 3.29. The molecule has 0 saturated carbocycles. The van der Waals surface area contributed by atoms with Gasteiger partial charge in [-0.1, -0.05) is 18.2 Å². The third kappa shape index (κ3) is 1.58. The number of hydrogen-bond acceptors (Lipinski definition) is 2. The van der Waals surface area contributed by atoms with Crippen LogP contribution in [0.3, 0.4) is 0 Å². The van der Waals surface area contributed by atoms with Gasteiger partial charge in [0, 0.05) is 6.07 Å². The second-order valence-electron chi connectivity index (χ2n) is 5.88. The zero-order valence-electron chi connectivity index (χ0n) is 12.9. The lowest BCUT2D eigenvalue weighted by molar-refractivity contribution is -0.744. The summed E-state index contributed by atoms with van der Waals surface area (Å²) in [6.07, 6.45) is 4.05. The Bertz CT molecular complexity index is 1190. The molecule has 0 aliphatic heterocycles. The Balaban J connectivity index is 1.97. The highest BCUT2D eigenvalue weighted by Crippen LogP contribution is 2.39. The number of furan rings is 2. The molecular formula is C19H15N2O2+. The number of rotatable bonds is 1. The van der Waals surface area contributed by atoms with E-state index in [9.17, 15) is 0 Å². The maximum Gasteiger partial charge on any atom is 0.195 e. The smallest absolute Gasteiger partial charge is 0.195 e. The van der Waals surface area contributed by atoms with Gasteiger partial charge in [-0.25, -0.2) is 0 Å². The number of benzene rings is 2. The average molecular weight is 303 g/mol. The first kappa shape index (κ1) is 12.5. The second kappa shape index (κ2) is 4.26. The van der Waals surface area contributed by atoms with Gasteiger partial charge in [0.15, 0.2) is 35.7 Å². The highest BCUT2D eigenvalue weighted by atomic mass is 16.4. The van der Waals surface area contributed by atoms with Crippen LogP contribution < -0.4 is 4.68 Å². The SMILES string of the molecule is Cc1ccc2c(oc3c4ccccc4oc23)c1-n1ccc[n+]1C. The van der Waals surface area contributed by atoms with Crippen LogP contribution >= 0.6 is 0 Å². The van der Waals surface area contributed by atoms with E-state index in [2.05, 4.69) is 23.7 Å². The number of aromatic nitrogens is 2. The average Bonchev–Trinajstić information content (AvgIpc) is 3.21. The van der Waals surface area contributed by atoms with Crippen molar-refractivity contribution < 1.29 is 13.5 Å². The lowest BCUT2D eigenvalue weighted by atomic mass is 10.1. The monoisotopic (exact) mass is 303 g/mol. The number of hydrogen-bond donors (Lipinski definition) is 0. The fourth-order valence-electron chi connectivity index (χ4n) is 3.29. The molecule has 0 spiro atoms. The summed E-state index contributed by atoms with van der Waals surface area (Å²) in [5.41, 5.74) is 5.55. The molecule has 3 aromatic heterocycles. The molecule has 0 saturated heterocycles. The number of fused-ring (bicyclic) bond motifs is 5. The van der Waals surface area contributed by atoms with Crippen LogP contribution in [0.1, 0.15) is 5.56 Å². The lowest BCUT2D eigenvalue weighted by Gasteiger charge is -2.05. The Morgan fingerprint density at radius 1 is 0.870 bits per heavy atom. The van der Waals surface area contributed by atoms with Gasteiger partial charge in [-0.15, -0.1) is 9.36 Å². The summed E-state index contributed by atoms with van der Waals surface area (Å²) in [6.45, 7) is 2.09. The second-order valence-corrected chi connectivity index (χ2v) is 5.88. The lowest BCUT2D eigenvalue weighted by Crippen LogP contribution is -2.37. The van der Waals surface area contributed by atoms with Gasteiger partial charge in [-0.3, -0.25) is 0 Å². The highest BCUT2D eigenvalue weighted by molar-refractivity contribution is 6.14. The van der Waals surface area contributed by atoms with Crippen molar-refractivity contribution in [1.29, 1.82) is 0 Å². The highest BCUT2D eigenvalue weighted by Gasteiger charge is 2.21. The van der Waals surface area contributed by atoms with Gasteiger partial charge in [-0.05, 0) is 30.7 Å². The third-order valence-corrected chi connectivity index (χ3v) is 4.43. The molecule has 0 bridgehead atoms. The molecule has 0 radical (unpaired) electrons. The van der Waals surface area contributed by atoms with Crippen LogP contribution in [0.2, 0.25) is 0 Å². The molecule has 3 heterocycles. The van der Waals surface area contributed by atoms with E-state index >= 15 is 0 Å². The number of nitrogens with zero attached hydrogens (tertiary/aromatic N) is 2. The first-order valence-electron chi connectivity index (χ1n) is 7.61. The van der Waals surface area contributed by atoms with Gasteiger partial charge in [0.2, 0.25) is 0 Å². The summed E-state index contributed by atoms with van der Waals surface area (Å²) < 4.78 is 16.4. The molecule has 0 N–H and O–H groups in total. The molecule has 112 valence electrons. The molecule has 23 heavy (non-hydrogen) atoms. The van der Waals surface area contributed by atoms with E-state index in [1.165, 1.54) is 0 Å². The fraction of sp³-hybridized carbons (Fsp3) is 0.105. The summed E-state index contributed by atoms with van der Waals surface area (Å²) in [5.74, 6) is 0. The molecule has 0 unspecified atom stereocenters. The van der Waals surface area contributed by atoms with Crippen LogP contribution in [-0.4, -0.2) is 4.68 Å². The van der Waals surface area contributed by atoms with Crippen molar-refractivity contribution >= 4 is 33.1 Å². The largest absolute Gasteiger partial charge is 0.452 e. The van der Waals surface area contributed by atoms with Crippen molar-refractivity contribution in [2.24, 2.45) is 7.05 Å². The van der Waals surface area contributed by atoms with Crippen LogP contribution in [0, 0.1) is 6.92 Å². The standard InChI is InChI=1S/C19H15N2O2/c1-12-8-9-14-17(16(12)21-11-5-10-20(21)2)23-18-13-6-3-4-7-15(13)22-19(14)18/h3-11H,1-2H3/q+1. The van der Waals surface area contributed by atoms with Crippen molar-refractivity contribution in [3.8, 4) is 5.69 Å². The first-order chi connectivity index (χ1) is 11.2. The Morgan fingerprint density at radius 3 is 2.52 bits per heavy atom. The Morgan fingerprint density at radius 2 is 1.70 bits per heavy atom. The zero-order valence-corrected chi connectivity index (χ0v) is 12.9. The van der Waals surface area contributed by atoms with E-state index in [0.29, 0.717) is 0 Å². The zero-order chi connectivity index (χ0) is 15.6. The van der Waals surface area contributed by atoms with Gasteiger partial charge >= 0.3 is 0 Å². The molecule has 0 aliphatic carbocycles. The molecular weight excluding hydrogens is 288 g/mol. The topological polar surface area (TPSA) is 35.1 Å². The summed E-state index contributed by atoms with van der Waals surface area (Å²) in [7, 11) is 2.01. The van der Waals surface area contributed by atoms with Gasteiger partial charge in [0.05, 0.1) is 17.0 Å². The Kier molecular flexibility index (Phi) is 2.32. The third-order valence-electron chi connectivity index (χ3n) is 4.43. The first-order valence-corrected chi connectivity index (χ1v) is 7.61. The quantitative estimate of drug-likeness (QED) is 0.434. The van der Waals surface area contributed by atoms with E-state index < -0.39 is 0 Å². The van der Waals surface area contributed by atoms with Crippen molar-refractivity contribution in [3.63, 3.8) is 0 Å². The minimum absolute atomic E-state index is 0.817. The maximum absolute atomic E-state index is 6.27. The summed E-state index contributed by atoms with van der Waals surface area (Å²) in [5, 5.41) is 2.02. The van der Waals surface area contributed by atoms with Crippen LogP contribution in [0.4, 0.5) is 0 Å². The molecule has 5 rings (SSSR count). The van der Waals surface area contributed by atoms with E-state index in [0.717, 1.165) is 44.4 Å². The van der Waals surface area contributed by atoms with Gasteiger partial charge < -0.3 is 8.83 Å². The van der Waals surface area contributed by atoms with Gasteiger partial charge in [0.1, 0.15) is 5.58 Å². The van der Waals surface area contributed by atoms with Crippen LogP contribution in [-0.2, 0) is 7.05 Å². The molecule has 4 nitrogen and oxygen atoms in total. The van der Waals surface area contributed by atoms with Crippen LogP contribution in [0.15, 0.2) is 63.7 Å². The van der Waals surface area contributed by atoms with Gasteiger partial charge in [-0.2, -0.15) is 0 Å². The molecule has 0 amide bonds. The van der Waals surface area contributed by atoms with Gasteiger partial charge in [0.25, 0.3) is 0 Å². The number of para-hydroxylation sites is 1. The van der Waals surface area contributed by atoms with Crippen molar-refractivity contribution in [2.45, 2.75) is 6.92 Å². The normalized spacial score (nSPS) is 11.9. The predicted molar refractivity (Wildman–Crippen MR) is 88.7 cm³/mol. The van der Waals surface area contributed by atoms with E-state index in [4.69, 9.17) is 8.83 Å². The minimum Gasteiger partial charge on any atom is -0.452 e. The summed E-state index contributed by atoms with van der Waals surface area (Å²) >= 11 is 0. The molecule has 5 aromatic rings. The minimum atomic E-state index is 0.817. The van der Waals surface area contributed by atoms with E-state index in [-0.39, 0.29) is 0 Å². The van der Waals surface area contributed by atoms with Crippen molar-refractivity contribution in [1.82, 2.24) is 4.68 Å². The van der Waals surface area contributed by atoms with E-state index in [1.807, 2.05) is 54.5 Å². The van der Waals surface area contributed by atoms with E-state index in [1.54, 1.807) is 0 Å². The molecule has 4 heteroatoms. The molecule has 0 aliphatic rings. The molecule has 0 atom stereocenters. The Hall–Kier alpha value is -3.01. The maximum atomic E-state index is 6.27. The summed E-state index contributed by atoms with van der Waals surface area (Å²) in [6, 6.07) is 14.2. The molecule has 2 aromatic carbocycles. The van der Waals surface area contributed by atoms with Crippen LogP contribution in [0.5, 0.6) is 0 Å². The summed E-state index contributed by atoms with van der Waals surface area (Å²) in [4.78, 5) is 0. The number of aryl methyl sites for hydroxylation is 2. The molecule has 0 fully saturated rings. The van der Waals surface area contributed by atoms with Crippen LogP contribution in [0.25, 0.3) is 38.8 Å². The Labute approximate surface area is 132 Å². The predicted octanol–water partition coefficient (Wildman–Crippen LogP) is 4.26.